The van der Waals surface area contributed by atoms with Crippen molar-refractivity contribution in [3.8, 4) is 0 Å². The molecular weight excluding hydrogens is 583 g/mol. The molecule has 2 heterocycles. The molecule has 0 radical (unpaired) electrons. The van der Waals surface area contributed by atoms with Crippen molar-refractivity contribution in [1.82, 2.24) is 0 Å². The van der Waals surface area contributed by atoms with Crippen molar-refractivity contribution in [3.63, 3.8) is 0 Å². The lowest BCUT2D eigenvalue weighted by molar-refractivity contribution is -0.311. The molecule has 0 aromatic rings. The number of aliphatic hydroxyl groups is 1. The Bertz CT molecular complexity index is 746. The summed E-state index contributed by atoms with van der Waals surface area (Å²) >= 11 is 2.53. The summed E-state index contributed by atoms with van der Waals surface area (Å²) < 4.78 is 24.1. The predicted molar refractivity (Wildman–Crippen MR) is 152 cm³/mol. The van der Waals surface area contributed by atoms with Gasteiger partial charge in [0.15, 0.2) is 12.1 Å². The average Bonchev–Trinajstić information content (AvgIpc) is 3.41. The maximum atomic E-state index is 12.7. The molecule has 2 aliphatic heterocycles. The van der Waals surface area contributed by atoms with Crippen LogP contribution in [-0.4, -0.2) is 53.0 Å². The number of carbonyl (C=O) groups is 1. The Kier molecular flexibility index (Phi) is 11.2. The zero-order valence-electron chi connectivity index (χ0n) is 23.1. The first-order chi connectivity index (χ1) is 17.9. The Labute approximate surface area is 237 Å². The smallest absolute Gasteiger partial charge is 0.308 e. The number of rotatable bonds is 11. The maximum Gasteiger partial charge on any atom is 0.308 e. The molecule has 0 amide bonds. The fourth-order valence-electron chi connectivity index (χ4n) is 7.54. The first-order valence-electron chi connectivity index (χ1n) is 14.9. The van der Waals surface area contributed by atoms with E-state index in [-0.39, 0.29) is 42.2 Å². The molecule has 0 aromatic heterocycles. The summed E-state index contributed by atoms with van der Waals surface area (Å²) in [5, 5.41) is 11.5. The molecule has 4 aliphatic rings. The van der Waals surface area contributed by atoms with Gasteiger partial charge in [-0.3, -0.25) is 4.79 Å². The quantitative estimate of drug-likeness (QED) is 0.0914. The molecule has 2 saturated heterocycles. The molecule has 37 heavy (non-hydrogen) atoms. The first kappa shape index (κ1) is 29.8. The zero-order chi connectivity index (χ0) is 26.4. The van der Waals surface area contributed by atoms with Crippen molar-refractivity contribution in [1.29, 1.82) is 0 Å². The van der Waals surface area contributed by atoms with Gasteiger partial charge in [-0.1, -0.05) is 67.3 Å². The molecule has 212 valence electrons. The standard InChI is InChI=1S/C30H49IO6/c1-4-8-20-11-13-21(14-12-20)22(29(32)34-3)15-16-25(31)26-18-23-24(9-5-2)30(33,19-27(23)36-26)37-28-10-6-7-17-35-28/h5,9,20-28,33H,4,6-8,10-19H2,1-3H3/t20?,21?,22?,23-,24-,25?,26?,27-,28?,30+/m1/s1. The summed E-state index contributed by atoms with van der Waals surface area (Å²) in [4.78, 5) is 12.7. The molecule has 0 bridgehead atoms. The van der Waals surface area contributed by atoms with Crippen LogP contribution in [-0.2, 0) is 23.7 Å². The van der Waals surface area contributed by atoms with E-state index in [1.165, 1.54) is 32.8 Å². The third kappa shape index (κ3) is 7.30. The lowest BCUT2D eigenvalue weighted by Crippen LogP contribution is -2.43. The highest BCUT2D eigenvalue weighted by atomic mass is 127. The molecule has 7 heteroatoms. The summed E-state index contributed by atoms with van der Waals surface area (Å²) in [5.74, 6) is 0.145. The monoisotopic (exact) mass is 632 g/mol. The fraction of sp³-hybridized carbons (Fsp3) is 0.900. The Morgan fingerprint density at radius 3 is 2.62 bits per heavy atom. The second kappa shape index (κ2) is 13.9. The van der Waals surface area contributed by atoms with Crippen LogP contribution in [0.3, 0.4) is 0 Å². The highest BCUT2D eigenvalue weighted by molar-refractivity contribution is 14.1. The van der Waals surface area contributed by atoms with Crippen molar-refractivity contribution >= 4 is 28.6 Å². The second-order valence-electron chi connectivity index (χ2n) is 11.9. The Morgan fingerprint density at radius 1 is 1.19 bits per heavy atom. The second-order valence-corrected chi connectivity index (χ2v) is 13.5. The zero-order valence-corrected chi connectivity index (χ0v) is 25.3. The highest BCUT2D eigenvalue weighted by Crippen LogP contribution is 2.52. The minimum Gasteiger partial charge on any atom is -0.469 e. The van der Waals surface area contributed by atoms with Crippen LogP contribution in [0.5, 0.6) is 0 Å². The van der Waals surface area contributed by atoms with Crippen molar-refractivity contribution < 1.29 is 28.8 Å². The van der Waals surface area contributed by atoms with Gasteiger partial charge in [0.25, 0.3) is 0 Å². The van der Waals surface area contributed by atoms with Crippen LogP contribution in [0.2, 0.25) is 0 Å². The van der Waals surface area contributed by atoms with E-state index >= 15 is 0 Å². The number of allylic oxidation sites excluding steroid dienone is 1. The number of hydrogen-bond donors (Lipinski definition) is 1. The van der Waals surface area contributed by atoms with Gasteiger partial charge >= 0.3 is 5.97 Å². The van der Waals surface area contributed by atoms with E-state index in [0.717, 1.165) is 57.3 Å². The van der Waals surface area contributed by atoms with E-state index < -0.39 is 5.79 Å². The number of fused-ring (bicyclic) bond motifs is 1. The van der Waals surface area contributed by atoms with Crippen LogP contribution in [0.1, 0.15) is 97.3 Å². The molecule has 6 nitrogen and oxygen atoms in total. The molecule has 2 aliphatic carbocycles. The number of hydrogen-bond acceptors (Lipinski definition) is 6. The van der Waals surface area contributed by atoms with E-state index in [9.17, 15) is 9.90 Å². The number of ether oxygens (including phenoxy) is 4. The van der Waals surface area contributed by atoms with E-state index in [4.69, 9.17) is 18.9 Å². The molecule has 4 fully saturated rings. The van der Waals surface area contributed by atoms with Crippen LogP contribution in [0, 0.1) is 29.6 Å². The van der Waals surface area contributed by atoms with E-state index in [2.05, 4.69) is 35.6 Å². The van der Waals surface area contributed by atoms with Crippen LogP contribution in [0.4, 0.5) is 0 Å². The average molecular weight is 633 g/mol. The SMILES string of the molecule is CC=C[C@@H]1[C@H]2CC(C(I)CCC(C(=O)OC)C3CCC(CCC)CC3)O[C@@H]2C[C@]1(O)OC1CCCCO1. The van der Waals surface area contributed by atoms with Crippen LogP contribution < -0.4 is 0 Å². The third-order valence-corrected chi connectivity index (χ3v) is 10.9. The molecule has 0 aromatic carbocycles. The minimum absolute atomic E-state index is 0.00416. The Balaban J connectivity index is 1.32. The molecule has 2 saturated carbocycles. The lowest BCUT2D eigenvalue weighted by Gasteiger charge is -2.36. The summed E-state index contributed by atoms with van der Waals surface area (Å²) in [6.07, 6.45) is 17.5. The predicted octanol–water partition coefficient (Wildman–Crippen LogP) is 6.57. The summed E-state index contributed by atoms with van der Waals surface area (Å²) in [5.41, 5.74) is 0. The fourth-order valence-corrected chi connectivity index (χ4v) is 8.36. The van der Waals surface area contributed by atoms with Gasteiger partial charge in [0.1, 0.15) is 0 Å². The van der Waals surface area contributed by atoms with Gasteiger partial charge < -0.3 is 24.1 Å². The number of methoxy groups -OCH3 is 1. The van der Waals surface area contributed by atoms with Crippen LogP contribution in [0.25, 0.3) is 0 Å². The highest BCUT2D eigenvalue weighted by Gasteiger charge is 2.58. The van der Waals surface area contributed by atoms with Gasteiger partial charge in [0.05, 0.1) is 25.2 Å². The third-order valence-electron chi connectivity index (χ3n) is 9.50. The van der Waals surface area contributed by atoms with Crippen molar-refractivity contribution in [2.45, 2.75) is 126 Å². The largest absolute Gasteiger partial charge is 0.469 e. The number of halogens is 1. The first-order valence-corrected chi connectivity index (χ1v) is 16.1. The van der Waals surface area contributed by atoms with Gasteiger partial charge in [-0.05, 0) is 76.0 Å². The van der Waals surface area contributed by atoms with Crippen LogP contribution >= 0.6 is 22.6 Å². The van der Waals surface area contributed by atoms with Gasteiger partial charge in [0, 0.05) is 22.9 Å². The molecule has 8 atom stereocenters. The number of carbonyl (C=O) groups excluding carboxylic acids is 1. The topological polar surface area (TPSA) is 74.2 Å². The van der Waals surface area contributed by atoms with E-state index in [1.807, 2.05) is 13.0 Å². The number of esters is 1. The van der Waals surface area contributed by atoms with E-state index in [1.54, 1.807) is 0 Å². The molecule has 4 rings (SSSR count). The maximum absolute atomic E-state index is 12.7. The Morgan fingerprint density at radius 2 is 1.97 bits per heavy atom. The van der Waals surface area contributed by atoms with Crippen LogP contribution in [0.15, 0.2) is 12.2 Å². The summed E-state index contributed by atoms with van der Waals surface area (Å²) in [6, 6.07) is 0. The van der Waals surface area contributed by atoms with Gasteiger partial charge in [-0.25, -0.2) is 0 Å². The normalized spacial score (nSPS) is 40.0. The lowest BCUT2D eigenvalue weighted by atomic mass is 9.73. The Hall–Kier alpha value is -0.220. The van der Waals surface area contributed by atoms with Crippen molar-refractivity contribution in [2.24, 2.45) is 29.6 Å². The van der Waals surface area contributed by atoms with Gasteiger partial charge in [-0.15, -0.1) is 0 Å². The van der Waals surface area contributed by atoms with Gasteiger partial charge in [0.2, 0.25) is 0 Å². The summed E-state index contributed by atoms with van der Waals surface area (Å²) in [6.45, 7) is 4.97. The molecule has 0 spiro atoms. The number of alkyl halides is 1. The molecule has 1 N–H and O–H groups in total. The van der Waals surface area contributed by atoms with Crippen molar-refractivity contribution in [2.75, 3.05) is 13.7 Å². The van der Waals surface area contributed by atoms with Gasteiger partial charge in [-0.2, -0.15) is 0 Å². The summed E-state index contributed by atoms with van der Waals surface area (Å²) in [7, 11) is 1.53. The van der Waals surface area contributed by atoms with E-state index in [0.29, 0.717) is 22.9 Å². The van der Waals surface area contributed by atoms with Crippen molar-refractivity contribution in [3.05, 3.63) is 12.2 Å². The minimum atomic E-state index is -1.23. The molecular formula is C30H49IO6. The molecule has 4 unspecified atom stereocenters.